The molecule has 38 valence electrons. The molecule has 3 heteroatoms. The molecule has 0 aliphatic rings. The molecule has 0 rings (SSSR count). The molecule has 0 aromatic carbocycles. The molecule has 0 aromatic heterocycles. The first-order valence-electron chi connectivity index (χ1n) is 1.66. The Labute approximate surface area is 44.3 Å². The van der Waals surface area contributed by atoms with E-state index in [-0.39, 0.29) is 6.42 Å². The Morgan fingerprint density at radius 3 is 2.17 bits per heavy atom. The van der Waals surface area contributed by atoms with Crippen molar-refractivity contribution < 1.29 is 9.50 Å². The van der Waals surface area contributed by atoms with Crippen LogP contribution < -0.4 is 0 Å². The van der Waals surface area contributed by atoms with Crippen molar-refractivity contribution in [2.75, 3.05) is 0 Å². The summed E-state index contributed by atoms with van der Waals surface area (Å²) in [5, 5.41) is 8.08. The Morgan fingerprint density at radius 2 is 2.17 bits per heavy atom. The Bertz CT molecular complexity index is 40.5. The molecule has 6 heavy (non-hydrogen) atoms. The third kappa shape index (κ3) is 4.37. The smallest absolute Gasteiger partial charge is 0.262 e. The Balaban J connectivity index is 3.17. The fraction of sp³-hybridized carbons (Fsp3) is 1.00. The average Bonchev–Trinajstić information content (AvgIpc) is 1.35. The molecular weight excluding hydrogens is 151 g/mol. The van der Waals surface area contributed by atoms with E-state index in [9.17, 15) is 4.39 Å². The van der Waals surface area contributed by atoms with E-state index in [0.717, 1.165) is 0 Å². The van der Waals surface area contributed by atoms with Gasteiger partial charge in [-0.15, -0.1) is 0 Å². The van der Waals surface area contributed by atoms with Crippen molar-refractivity contribution >= 4 is 15.9 Å². The van der Waals surface area contributed by atoms with Crippen LogP contribution in [0.4, 0.5) is 4.39 Å². The molecule has 1 N–H and O–H groups in total. The summed E-state index contributed by atoms with van der Waals surface area (Å²) in [5.74, 6) is 0. The van der Waals surface area contributed by atoms with Crippen LogP contribution in [0.1, 0.15) is 13.3 Å². The molecule has 1 nitrogen and oxygen atoms in total. The van der Waals surface area contributed by atoms with Crippen molar-refractivity contribution in [3.63, 3.8) is 0 Å². The third-order valence-electron chi connectivity index (χ3n) is 0.425. The van der Waals surface area contributed by atoms with Gasteiger partial charge in [0.2, 0.25) is 0 Å². The maximum absolute atomic E-state index is 11.6. The molecule has 0 aliphatic carbocycles. The highest BCUT2D eigenvalue weighted by Gasteiger charge is 2.15. The van der Waals surface area contributed by atoms with Gasteiger partial charge in [-0.3, -0.25) is 0 Å². The van der Waals surface area contributed by atoms with Gasteiger partial charge in [0.15, 0.2) is 0 Å². The maximum atomic E-state index is 11.6. The molecular formula is C3H6BrFO. The molecule has 0 amide bonds. The van der Waals surface area contributed by atoms with E-state index in [2.05, 4.69) is 15.9 Å². The zero-order valence-electron chi connectivity index (χ0n) is 3.41. The van der Waals surface area contributed by atoms with Gasteiger partial charge in [-0.25, -0.2) is 0 Å². The van der Waals surface area contributed by atoms with Gasteiger partial charge >= 0.3 is 0 Å². The highest BCUT2D eigenvalue weighted by molar-refractivity contribution is 9.09. The van der Waals surface area contributed by atoms with Crippen molar-refractivity contribution in [1.82, 2.24) is 0 Å². The predicted octanol–water partition coefficient (Wildman–Crippen LogP) is 1.41. The second-order valence-electron chi connectivity index (χ2n) is 1.02. The van der Waals surface area contributed by atoms with Gasteiger partial charge in [0.1, 0.15) is 0 Å². The molecule has 1 unspecified atom stereocenters. The molecule has 0 aromatic rings. The zero-order valence-corrected chi connectivity index (χ0v) is 5.00. The maximum Gasteiger partial charge on any atom is 0.262 e. The number of aliphatic hydroxyl groups is 1. The second kappa shape index (κ2) is 1.89. The molecule has 0 spiro atoms. The molecule has 0 radical (unpaired) electrons. The van der Waals surface area contributed by atoms with Crippen LogP contribution in [-0.4, -0.2) is 9.87 Å². The molecule has 0 fully saturated rings. The largest absolute Gasteiger partial charge is 0.353 e. The summed E-state index contributed by atoms with van der Waals surface area (Å²) >= 11 is 2.37. The second-order valence-corrected chi connectivity index (χ2v) is 2.23. The molecule has 1 atom stereocenters. The van der Waals surface area contributed by atoms with Crippen LogP contribution in [-0.2, 0) is 0 Å². The Hall–Kier alpha value is 0.370. The fourth-order valence-corrected chi connectivity index (χ4v) is 0. The first-order chi connectivity index (χ1) is 2.56. The van der Waals surface area contributed by atoms with Crippen molar-refractivity contribution in [3.05, 3.63) is 0 Å². The first-order valence-corrected chi connectivity index (χ1v) is 2.46. The molecule has 0 heterocycles. The number of rotatable bonds is 1. The normalized spacial score (nSPS) is 20.0. The van der Waals surface area contributed by atoms with Gasteiger partial charge in [0.05, 0.1) is 0 Å². The SMILES string of the molecule is CCC(O)(F)Br. The van der Waals surface area contributed by atoms with Crippen molar-refractivity contribution in [3.8, 4) is 0 Å². The quantitative estimate of drug-likeness (QED) is 0.570. The van der Waals surface area contributed by atoms with Gasteiger partial charge in [0.25, 0.3) is 4.76 Å². The Morgan fingerprint density at radius 1 is 2.00 bits per heavy atom. The van der Waals surface area contributed by atoms with Crippen LogP contribution >= 0.6 is 15.9 Å². The molecule has 0 aliphatic heterocycles. The molecule has 0 bridgehead atoms. The fourth-order valence-electron chi connectivity index (χ4n) is 0. The van der Waals surface area contributed by atoms with Crippen LogP contribution in [0, 0.1) is 0 Å². The number of halogens is 2. The zero-order chi connectivity index (χ0) is 5.21. The number of alkyl halides is 2. The van der Waals surface area contributed by atoms with E-state index >= 15 is 0 Å². The van der Waals surface area contributed by atoms with E-state index in [1.807, 2.05) is 0 Å². The minimum absolute atomic E-state index is 0.0764. The summed E-state index contributed by atoms with van der Waals surface area (Å²) in [7, 11) is 0. The summed E-state index contributed by atoms with van der Waals surface area (Å²) in [6.07, 6.45) is 0.0764. The van der Waals surface area contributed by atoms with Crippen LogP contribution in [0.15, 0.2) is 0 Å². The van der Waals surface area contributed by atoms with E-state index < -0.39 is 4.76 Å². The van der Waals surface area contributed by atoms with Crippen LogP contribution in [0.2, 0.25) is 0 Å². The van der Waals surface area contributed by atoms with Crippen molar-refractivity contribution in [2.45, 2.75) is 18.1 Å². The minimum Gasteiger partial charge on any atom is -0.353 e. The Kier molecular flexibility index (Phi) is 2.00. The third-order valence-corrected chi connectivity index (χ3v) is 0.986. The monoisotopic (exact) mass is 156 g/mol. The van der Waals surface area contributed by atoms with E-state index in [1.165, 1.54) is 6.92 Å². The van der Waals surface area contributed by atoms with Gasteiger partial charge in [-0.05, 0) is 15.9 Å². The van der Waals surface area contributed by atoms with Gasteiger partial charge in [-0.2, -0.15) is 4.39 Å². The van der Waals surface area contributed by atoms with Gasteiger partial charge in [-0.1, -0.05) is 6.92 Å². The van der Waals surface area contributed by atoms with Crippen LogP contribution in [0.5, 0.6) is 0 Å². The summed E-state index contributed by atoms with van der Waals surface area (Å²) in [5.41, 5.74) is 0. The van der Waals surface area contributed by atoms with Gasteiger partial charge in [0, 0.05) is 6.42 Å². The lowest BCUT2D eigenvalue weighted by molar-refractivity contribution is 0.00879. The summed E-state index contributed by atoms with van der Waals surface area (Å²) < 4.78 is 9.44. The van der Waals surface area contributed by atoms with Gasteiger partial charge < -0.3 is 5.11 Å². The summed E-state index contributed by atoms with van der Waals surface area (Å²) in [4.78, 5) is 0. The van der Waals surface area contributed by atoms with E-state index in [1.54, 1.807) is 0 Å². The highest BCUT2D eigenvalue weighted by atomic mass is 79.9. The minimum atomic E-state index is -2.15. The lowest BCUT2D eigenvalue weighted by atomic mass is 10.5. The van der Waals surface area contributed by atoms with Crippen molar-refractivity contribution in [2.24, 2.45) is 0 Å². The number of hydrogen-bond donors (Lipinski definition) is 1. The average molecular weight is 157 g/mol. The number of hydrogen-bond acceptors (Lipinski definition) is 1. The summed E-state index contributed by atoms with van der Waals surface area (Å²) in [6.45, 7) is 1.54. The van der Waals surface area contributed by atoms with Crippen LogP contribution in [0.25, 0.3) is 0 Å². The first kappa shape index (κ1) is 6.37. The lowest BCUT2D eigenvalue weighted by Gasteiger charge is -2.03. The van der Waals surface area contributed by atoms with Crippen LogP contribution in [0.3, 0.4) is 0 Å². The topological polar surface area (TPSA) is 20.2 Å². The predicted molar refractivity (Wildman–Crippen MR) is 25.3 cm³/mol. The van der Waals surface area contributed by atoms with E-state index in [0.29, 0.717) is 0 Å². The summed E-state index contributed by atoms with van der Waals surface area (Å²) in [6, 6.07) is 0. The molecule has 0 saturated heterocycles. The van der Waals surface area contributed by atoms with E-state index in [4.69, 9.17) is 5.11 Å². The highest BCUT2D eigenvalue weighted by Crippen LogP contribution is 2.18. The standard InChI is InChI=1S/C3H6BrFO/c1-2-3(4,5)6/h6H,2H2,1H3. The van der Waals surface area contributed by atoms with Crippen molar-refractivity contribution in [1.29, 1.82) is 0 Å². The lowest BCUT2D eigenvalue weighted by Crippen LogP contribution is -2.07. The molecule has 0 saturated carbocycles.